The Balaban J connectivity index is 1.64. The van der Waals surface area contributed by atoms with Crippen LogP contribution in [0.3, 0.4) is 0 Å². The van der Waals surface area contributed by atoms with Crippen molar-refractivity contribution in [3.63, 3.8) is 0 Å². The van der Waals surface area contributed by atoms with Gasteiger partial charge in [0.15, 0.2) is 11.5 Å². The van der Waals surface area contributed by atoms with Crippen LogP contribution >= 0.6 is 0 Å². The van der Waals surface area contributed by atoms with Crippen molar-refractivity contribution < 1.29 is 17.9 Å². The number of nitrogens with zero attached hydrogens (tertiary/aromatic N) is 1. The summed E-state index contributed by atoms with van der Waals surface area (Å²) in [5, 5.41) is 0. The molecule has 1 saturated heterocycles. The molecule has 7 heteroatoms. The van der Waals surface area contributed by atoms with Gasteiger partial charge in [0.05, 0.1) is 4.90 Å². The molecule has 2 aliphatic heterocycles. The van der Waals surface area contributed by atoms with E-state index in [1.165, 1.54) is 25.3 Å². The first-order chi connectivity index (χ1) is 11.1. The Hall–Kier alpha value is -1.31. The number of benzene rings is 1. The summed E-state index contributed by atoms with van der Waals surface area (Å²) in [5.41, 5.74) is 0. The highest BCUT2D eigenvalue weighted by Crippen LogP contribution is 2.32. The van der Waals surface area contributed by atoms with Crippen LogP contribution in [0.25, 0.3) is 0 Å². The van der Waals surface area contributed by atoms with Crippen LogP contribution in [0.2, 0.25) is 0 Å². The molecule has 0 aromatic heterocycles. The van der Waals surface area contributed by atoms with Gasteiger partial charge in [0, 0.05) is 18.7 Å². The minimum absolute atomic E-state index is 0.197. The van der Waals surface area contributed by atoms with Crippen molar-refractivity contribution in [2.45, 2.75) is 37.1 Å². The number of hydrogen-bond acceptors (Lipinski definition) is 5. The first-order valence-corrected chi connectivity index (χ1v) is 9.68. The molecular formula is C16H24N2O4S. The normalized spacial score (nSPS) is 20.2. The Bertz CT molecular complexity index is 641. The van der Waals surface area contributed by atoms with Crippen molar-refractivity contribution in [1.29, 1.82) is 0 Å². The van der Waals surface area contributed by atoms with Crippen molar-refractivity contribution in [2.24, 2.45) is 0 Å². The molecule has 1 aromatic rings. The minimum atomic E-state index is -3.54. The lowest BCUT2D eigenvalue weighted by Crippen LogP contribution is -2.44. The number of fused-ring (bicyclic) bond motifs is 1. The molecule has 23 heavy (non-hydrogen) atoms. The number of piperidine rings is 1. The Morgan fingerprint density at radius 3 is 2.57 bits per heavy atom. The molecule has 0 spiro atoms. The summed E-state index contributed by atoms with van der Waals surface area (Å²) in [6, 6.07) is 4.93. The highest BCUT2D eigenvalue weighted by atomic mass is 32.2. The Labute approximate surface area is 137 Å². The molecule has 2 aliphatic rings. The van der Waals surface area contributed by atoms with Gasteiger partial charge in [-0.2, -0.15) is 0 Å². The molecule has 0 amide bonds. The van der Waals surface area contributed by atoms with E-state index >= 15 is 0 Å². The van der Waals surface area contributed by atoms with E-state index in [1.807, 2.05) is 0 Å². The van der Waals surface area contributed by atoms with Crippen LogP contribution < -0.4 is 14.2 Å². The van der Waals surface area contributed by atoms with Gasteiger partial charge in [-0.1, -0.05) is 6.42 Å². The van der Waals surface area contributed by atoms with Crippen LogP contribution in [0.4, 0.5) is 0 Å². The Morgan fingerprint density at radius 2 is 1.83 bits per heavy atom. The highest BCUT2D eigenvalue weighted by molar-refractivity contribution is 7.89. The summed E-state index contributed by atoms with van der Waals surface area (Å²) in [7, 11) is -3.54. The molecule has 6 nitrogen and oxygen atoms in total. The predicted octanol–water partition coefficient (Wildman–Crippen LogP) is 1.61. The summed E-state index contributed by atoms with van der Waals surface area (Å²) in [4.78, 5) is 2.56. The monoisotopic (exact) mass is 340 g/mol. The average molecular weight is 340 g/mol. The van der Waals surface area contributed by atoms with Crippen LogP contribution in [0.15, 0.2) is 23.1 Å². The Kier molecular flexibility index (Phi) is 5.08. The molecule has 3 rings (SSSR count). The van der Waals surface area contributed by atoms with Crippen LogP contribution in [-0.2, 0) is 10.0 Å². The first kappa shape index (κ1) is 16.5. The zero-order valence-corrected chi connectivity index (χ0v) is 14.3. The zero-order chi connectivity index (χ0) is 16.3. The van der Waals surface area contributed by atoms with Gasteiger partial charge < -0.3 is 9.47 Å². The molecule has 1 N–H and O–H groups in total. The minimum Gasteiger partial charge on any atom is -0.486 e. The van der Waals surface area contributed by atoms with E-state index in [0.29, 0.717) is 31.3 Å². The molecule has 0 bridgehead atoms. The van der Waals surface area contributed by atoms with Crippen LogP contribution in [0, 0.1) is 0 Å². The second-order valence-corrected chi connectivity index (χ2v) is 7.87. The summed E-state index contributed by atoms with van der Waals surface area (Å²) in [6.45, 7) is 5.51. The van der Waals surface area contributed by atoms with Gasteiger partial charge in [-0.25, -0.2) is 13.1 Å². The second kappa shape index (κ2) is 7.07. The van der Waals surface area contributed by atoms with Gasteiger partial charge in [-0.3, -0.25) is 4.90 Å². The quantitative estimate of drug-likeness (QED) is 0.882. The maximum absolute atomic E-state index is 12.5. The van der Waals surface area contributed by atoms with E-state index in [2.05, 4.69) is 16.5 Å². The van der Waals surface area contributed by atoms with Crippen LogP contribution in [-0.4, -0.2) is 52.2 Å². The lowest BCUT2D eigenvalue weighted by molar-refractivity contribution is 0.171. The molecule has 0 radical (unpaired) electrons. The van der Waals surface area contributed by atoms with E-state index in [-0.39, 0.29) is 10.9 Å². The maximum Gasteiger partial charge on any atom is 0.240 e. The fourth-order valence-corrected chi connectivity index (χ4v) is 4.13. The van der Waals surface area contributed by atoms with Gasteiger partial charge >= 0.3 is 0 Å². The number of rotatable bonds is 5. The van der Waals surface area contributed by atoms with E-state index in [9.17, 15) is 8.42 Å². The number of sulfonamides is 1. The first-order valence-electron chi connectivity index (χ1n) is 8.20. The lowest BCUT2D eigenvalue weighted by Gasteiger charge is -2.32. The third-order valence-electron chi connectivity index (χ3n) is 4.41. The van der Waals surface area contributed by atoms with E-state index < -0.39 is 10.0 Å². The molecule has 1 aromatic carbocycles. The van der Waals surface area contributed by atoms with Crippen molar-refractivity contribution in [3.05, 3.63) is 18.2 Å². The van der Waals surface area contributed by atoms with Crippen LogP contribution in [0.5, 0.6) is 11.5 Å². The second-order valence-electron chi connectivity index (χ2n) is 6.10. The molecular weight excluding hydrogens is 316 g/mol. The van der Waals surface area contributed by atoms with E-state index in [1.54, 1.807) is 12.1 Å². The molecule has 1 atom stereocenters. The molecule has 0 saturated carbocycles. The average Bonchev–Trinajstić information content (AvgIpc) is 2.60. The zero-order valence-electron chi connectivity index (χ0n) is 13.5. The third-order valence-corrected chi connectivity index (χ3v) is 5.83. The summed E-state index contributed by atoms with van der Waals surface area (Å²) >= 11 is 0. The van der Waals surface area contributed by atoms with Crippen molar-refractivity contribution >= 4 is 10.0 Å². The SMILES string of the molecule is CC(CNS(=O)(=O)c1ccc2c(c1)OCCO2)N1CCCCC1. The summed E-state index contributed by atoms with van der Waals surface area (Å²) in [5.74, 6) is 1.08. The van der Waals surface area contributed by atoms with Gasteiger partial charge in [0.25, 0.3) is 0 Å². The van der Waals surface area contributed by atoms with Crippen molar-refractivity contribution in [3.8, 4) is 11.5 Å². The fraction of sp³-hybridized carbons (Fsp3) is 0.625. The number of ether oxygens (including phenoxy) is 2. The van der Waals surface area contributed by atoms with Gasteiger partial charge in [-0.05, 0) is 45.0 Å². The molecule has 1 unspecified atom stereocenters. The van der Waals surface area contributed by atoms with E-state index in [4.69, 9.17) is 9.47 Å². The summed E-state index contributed by atoms with van der Waals surface area (Å²) in [6.07, 6.45) is 3.66. The standard InChI is InChI=1S/C16H24N2O4S/c1-13(18-7-3-2-4-8-18)12-17-23(19,20)14-5-6-15-16(11-14)22-10-9-21-15/h5-6,11,13,17H,2-4,7-10,12H2,1H3. The Morgan fingerprint density at radius 1 is 1.13 bits per heavy atom. The van der Waals surface area contributed by atoms with Crippen molar-refractivity contribution in [2.75, 3.05) is 32.8 Å². The number of nitrogens with one attached hydrogen (secondary N) is 1. The van der Waals surface area contributed by atoms with Gasteiger partial charge in [-0.15, -0.1) is 0 Å². The molecule has 2 heterocycles. The van der Waals surface area contributed by atoms with Crippen molar-refractivity contribution in [1.82, 2.24) is 9.62 Å². The smallest absolute Gasteiger partial charge is 0.240 e. The number of hydrogen-bond donors (Lipinski definition) is 1. The fourth-order valence-electron chi connectivity index (χ4n) is 2.99. The largest absolute Gasteiger partial charge is 0.486 e. The summed E-state index contributed by atoms with van der Waals surface area (Å²) < 4.78 is 38.5. The van der Waals surface area contributed by atoms with Gasteiger partial charge in [0.1, 0.15) is 13.2 Å². The highest BCUT2D eigenvalue weighted by Gasteiger charge is 2.22. The van der Waals surface area contributed by atoms with Crippen LogP contribution in [0.1, 0.15) is 26.2 Å². The van der Waals surface area contributed by atoms with E-state index in [0.717, 1.165) is 13.1 Å². The molecule has 0 aliphatic carbocycles. The predicted molar refractivity (Wildman–Crippen MR) is 87.5 cm³/mol. The maximum atomic E-state index is 12.5. The third kappa shape index (κ3) is 3.97. The topological polar surface area (TPSA) is 67.9 Å². The molecule has 1 fully saturated rings. The lowest BCUT2D eigenvalue weighted by atomic mass is 10.1. The number of likely N-dealkylation sites (tertiary alicyclic amines) is 1. The van der Waals surface area contributed by atoms with Gasteiger partial charge in [0.2, 0.25) is 10.0 Å². The molecule has 128 valence electrons.